The predicted molar refractivity (Wildman–Crippen MR) is 58.4 cm³/mol. The Hall–Kier alpha value is -2.44. The lowest BCUT2D eigenvalue weighted by molar-refractivity contribution is -0.387. The van der Waals surface area contributed by atoms with Gasteiger partial charge in [-0.1, -0.05) is 0 Å². The van der Waals surface area contributed by atoms with Crippen molar-refractivity contribution in [3.63, 3.8) is 0 Å². The summed E-state index contributed by atoms with van der Waals surface area (Å²) in [5.41, 5.74) is -1.29. The van der Waals surface area contributed by atoms with E-state index in [1.54, 1.807) is 0 Å². The second-order valence-electron chi connectivity index (χ2n) is 3.65. The van der Waals surface area contributed by atoms with Gasteiger partial charge in [-0.2, -0.15) is 4.39 Å². The van der Waals surface area contributed by atoms with Crippen LogP contribution in [0.3, 0.4) is 0 Å². The molecule has 7 heteroatoms. The van der Waals surface area contributed by atoms with E-state index in [2.05, 4.69) is 0 Å². The molecule has 2 aromatic carbocycles. The molecule has 0 saturated heterocycles. The Morgan fingerprint density at radius 3 is 2.16 bits per heavy atom. The van der Waals surface area contributed by atoms with Crippen molar-refractivity contribution < 1.29 is 22.5 Å². The largest absolute Gasteiger partial charge is 0.304 e. The predicted octanol–water partition coefficient (Wildman–Crippen LogP) is 3.82. The van der Waals surface area contributed by atoms with Crippen molar-refractivity contribution in [3.05, 3.63) is 63.7 Å². The molecule has 0 N–H and O–H groups in total. The zero-order chi connectivity index (χ0) is 14.2. The number of nitro benzene ring substituents is 1. The van der Waals surface area contributed by atoms with Crippen LogP contribution in [-0.4, -0.2) is 4.92 Å². The van der Waals surface area contributed by atoms with E-state index in [0.29, 0.717) is 12.1 Å². The summed E-state index contributed by atoms with van der Waals surface area (Å²) in [6.07, 6.45) is 0. The lowest BCUT2D eigenvalue weighted by atomic mass is 10.0. The van der Waals surface area contributed by atoms with Crippen LogP contribution in [0.1, 0.15) is 0 Å². The van der Waals surface area contributed by atoms with Crippen molar-refractivity contribution in [3.8, 4) is 11.1 Å². The Morgan fingerprint density at radius 1 is 0.895 bits per heavy atom. The molecule has 2 aromatic rings. The number of nitrogens with zero attached hydrogens (tertiary/aromatic N) is 1. The third-order valence-corrected chi connectivity index (χ3v) is 2.49. The molecule has 0 unspecified atom stereocenters. The molecule has 0 saturated carbocycles. The average Bonchev–Trinajstić information content (AvgIpc) is 2.35. The second-order valence-corrected chi connectivity index (χ2v) is 3.65. The molecule has 0 fully saturated rings. The van der Waals surface area contributed by atoms with Crippen LogP contribution in [0.5, 0.6) is 0 Å². The van der Waals surface area contributed by atoms with Crippen LogP contribution in [0.15, 0.2) is 30.3 Å². The van der Waals surface area contributed by atoms with Gasteiger partial charge in [-0.05, 0) is 29.8 Å². The van der Waals surface area contributed by atoms with Gasteiger partial charge in [-0.25, -0.2) is 13.2 Å². The van der Waals surface area contributed by atoms with Gasteiger partial charge in [0.2, 0.25) is 5.82 Å². The molecule has 0 bridgehead atoms. The maximum Gasteiger partial charge on any atom is 0.304 e. The Bertz CT molecular complexity index is 673. The molecule has 0 radical (unpaired) electrons. The van der Waals surface area contributed by atoms with Gasteiger partial charge < -0.3 is 0 Å². The third-order valence-electron chi connectivity index (χ3n) is 2.49. The van der Waals surface area contributed by atoms with Crippen molar-refractivity contribution in [2.24, 2.45) is 0 Å². The number of halogens is 4. The maximum atomic E-state index is 13.5. The molecule has 3 nitrogen and oxygen atoms in total. The first kappa shape index (κ1) is 13.0. The fourth-order valence-corrected chi connectivity index (χ4v) is 1.57. The van der Waals surface area contributed by atoms with Gasteiger partial charge in [0, 0.05) is 11.6 Å². The van der Waals surface area contributed by atoms with Crippen molar-refractivity contribution in [2.45, 2.75) is 0 Å². The van der Waals surface area contributed by atoms with Crippen LogP contribution in [-0.2, 0) is 0 Å². The molecule has 0 spiro atoms. The first-order chi connectivity index (χ1) is 8.91. The summed E-state index contributed by atoms with van der Waals surface area (Å²) < 4.78 is 52.6. The fraction of sp³-hybridized carbons (Fsp3) is 0. The van der Waals surface area contributed by atoms with Crippen molar-refractivity contribution in [1.29, 1.82) is 0 Å². The van der Waals surface area contributed by atoms with E-state index in [9.17, 15) is 27.7 Å². The van der Waals surface area contributed by atoms with Crippen LogP contribution in [0.4, 0.5) is 23.2 Å². The second kappa shape index (κ2) is 4.68. The molecule has 0 amide bonds. The summed E-state index contributed by atoms with van der Waals surface area (Å²) >= 11 is 0. The number of rotatable bonds is 2. The van der Waals surface area contributed by atoms with E-state index >= 15 is 0 Å². The van der Waals surface area contributed by atoms with Gasteiger partial charge in [0.15, 0.2) is 17.5 Å². The van der Waals surface area contributed by atoms with Crippen molar-refractivity contribution >= 4 is 5.69 Å². The normalized spacial score (nSPS) is 10.5. The van der Waals surface area contributed by atoms with E-state index in [-0.39, 0.29) is 11.1 Å². The molecular formula is C12H5F4NO2. The Kier molecular flexibility index (Phi) is 3.20. The first-order valence-corrected chi connectivity index (χ1v) is 4.99. The maximum absolute atomic E-state index is 13.5. The molecule has 0 heterocycles. The number of benzene rings is 2. The summed E-state index contributed by atoms with van der Waals surface area (Å²) in [7, 11) is 0. The molecule has 0 aliphatic heterocycles. The lowest BCUT2D eigenvalue weighted by Crippen LogP contribution is -1.96. The molecule has 0 aromatic heterocycles. The summed E-state index contributed by atoms with van der Waals surface area (Å²) in [5, 5.41) is 10.4. The molecule has 98 valence electrons. The summed E-state index contributed by atoms with van der Waals surface area (Å²) in [6.45, 7) is 0. The topological polar surface area (TPSA) is 43.1 Å². The number of hydrogen-bond acceptors (Lipinski definition) is 2. The monoisotopic (exact) mass is 271 g/mol. The zero-order valence-electron chi connectivity index (χ0n) is 9.16. The smallest absolute Gasteiger partial charge is 0.258 e. The van der Waals surface area contributed by atoms with Gasteiger partial charge in [0.1, 0.15) is 0 Å². The minimum absolute atomic E-state index is 0.125. The van der Waals surface area contributed by atoms with Crippen LogP contribution in [0.2, 0.25) is 0 Å². The van der Waals surface area contributed by atoms with Crippen LogP contribution in [0, 0.1) is 33.4 Å². The van der Waals surface area contributed by atoms with Crippen LogP contribution in [0.25, 0.3) is 11.1 Å². The van der Waals surface area contributed by atoms with Crippen molar-refractivity contribution in [1.82, 2.24) is 0 Å². The minimum atomic E-state index is -1.68. The van der Waals surface area contributed by atoms with Gasteiger partial charge in [-0.15, -0.1) is 0 Å². The SMILES string of the molecule is O=[N+]([O-])c1ccc(-c2ccc(F)c(F)c2F)cc1F. The lowest BCUT2D eigenvalue weighted by Gasteiger charge is -2.05. The van der Waals surface area contributed by atoms with E-state index in [0.717, 1.165) is 18.2 Å². The molecule has 0 aliphatic carbocycles. The molecule has 0 atom stereocenters. The molecule has 19 heavy (non-hydrogen) atoms. The summed E-state index contributed by atoms with van der Waals surface area (Å²) in [6, 6.07) is 4.18. The molecular weight excluding hydrogens is 266 g/mol. The highest BCUT2D eigenvalue weighted by Gasteiger charge is 2.18. The van der Waals surface area contributed by atoms with Crippen LogP contribution < -0.4 is 0 Å². The standard InChI is InChI=1S/C12H5F4NO2/c13-8-3-2-7(11(15)12(8)16)6-1-4-10(17(18)19)9(14)5-6/h1-5H. The third kappa shape index (κ3) is 2.26. The highest BCUT2D eigenvalue weighted by atomic mass is 19.2. The van der Waals surface area contributed by atoms with Gasteiger partial charge in [0.25, 0.3) is 0 Å². The van der Waals surface area contributed by atoms with Gasteiger partial charge >= 0.3 is 5.69 Å². The van der Waals surface area contributed by atoms with Gasteiger partial charge in [-0.3, -0.25) is 10.1 Å². The Morgan fingerprint density at radius 2 is 1.58 bits per heavy atom. The quantitative estimate of drug-likeness (QED) is 0.360. The minimum Gasteiger partial charge on any atom is -0.258 e. The summed E-state index contributed by atoms with van der Waals surface area (Å²) in [4.78, 5) is 9.47. The fourth-order valence-electron chi connectivity index (χ4n) is 1.57. The van der Waals surface area contributed by atoms with E-state index in [1.165, 1.54) is 0 Å². The Balaban J connectivity index is 2.58. The highest BCUT2D eigenvalue weighted by molar-refractivity contribution is 5.65. The van der Waals surface area contributed by atoms with E-state index in [1.807, 2.05) is 0 Å². The number of nitro groups is 1. The summed E-state index contributed by atoms with van der Waals surface area (Å²) in [5.74, 6) is -5.72. The van der Waals surface area contributed by atoms with Crippen molar-refractivity contribution in [2.75, 3.05) is 0 Å². The first-order valence-electron chi connectivity index (χ1n) is 4.99. The number of hydrogen-bond donors (Lipinski definition) is 0. The zero-order valence-corrected chi connectivity index (χ0v) is 9.16. The van der Waals surface area contributed by atoms with E-state index < -0.39 is 33.9 Å². The van der Waals surface area contributed by atoms with Crippen LogP contribution >= 0.6 is 0 Å². The molecule has 2 rings (SSSR count). The van der Waals surface area contributed by atoms with Gasteiger partial charge in [0.05, 0.1) is 4.92 Å². The van der Waals surface area contributed by atoms with E-state index in [4.69, 9.17) is 0 Å². The Labute approximate surface area is 104 Å². The average molecular weight is 271 g/mol. The highest BCUT2D eigenvalue weighted by Crippen LogP contribution is 2.29. The molecule has 0 aliphatic rings.